The molecule has 2 aromatic rings. The third-order valence-corrected chi connectivity index (χ3v) is 3.17. The van der Waals surface area contributed by atoms with Gasteiger partial charge < -0.3 is 15.3 Å². The van der Waals surface area contributed by atoms with Gasteiger partial charge in [-0.1, -0.05) is 58.7 Å². The molecule has 7 heteroatoms. The third-order valence-electron chi connectivity index (χ3n) is 2.81. The van der Waals surface area contributed by atoms with E-state index in [4.69, 9.17) is 33.7 Å². The van der Waals surface area contributed by atoms with Crippen molar-refractivity contribution in [2.75, 3.05) is 0 Å². The van der Waals surface area contributed by atoms with Crippen LogP contribution in [0.4, 0.5) is 0 Å². The van der Waals surface area contributed by atoms with E-state index < -0.39 is 10.8 Å². The molecule has 0 aliphatic carbocycles. The number of benzene rings is 2. The first-order chi connectivity index (χ1) is 11.1. The van der Waals surface area contributed by atoms with Crippen molar-refractivity contribution >= 4 is 35.0 Å². The van der Waals surface area contributed by atoms with Crippen molar-refractivity contribution in [3.05, 3.63) is 65.7 Å². The molecule has 0 atom stereocenters. The fraction of sp³-hybridized carbons (Fsp3) is 0.125. The molecule has 0 saturated heterocycles. The maximum absolute atomic E-state index is 11.1. The highest BCUT2D eigenvalue weighted by Gasteiger charge is 2.13. The summed E-state index contributed by atoms with van der Waals surface area (Å²) in [6, 6.07) is 16.7. The average Bonchev–Trinajstić information content (AvgIpc) is 2.58. The van der Waals surface area contributed by atoms with Crippen LogP contribution in [0.5, 0.6) is 5.75 Å². The fourth-order valence-corrected chi connectivity index (χ4v) is 1.73. The molecule has 23 heavy (non-hydrogen) atoms. The van der Waals surface area contributed by atoms with Crippen molar-refractivity contribution < 1.29 is 14.4 Å². The molecule has 0 spiro atoms. The Kier molecular flexibility index (Phi) is 6.26. The highest BCUT2D eigenvalue weighted by atomic mass is 35.5. The molecule has 0 amide bonds. The zero-order valence-electron chi connectivity index (χ0n) is 12.0. The van der Waals surface area contributed by atoms with Gasteiger partial charge in [0.25, 0.3) is 0 Å². The highest BCUT2D eigenvalue weighted by molar-refractivity contribution is 6.52. The molecule has 0 saturated carbocycles. The third kappa shape index (κ3) is 5.47. The fourth-order valence-electron chi connectivity index (χ4n) is 1.65. The second kappa shape index (κ2) is 8.41. The first kappa shape index (κ1) is 17.1. The molecule has 0 radical (unpaired) electrons. The monoisotopic (exact) mass is 352 g/mol. The first-order valence-electron chi connectivity index (χ1n) is 6.66. The quantitative estimate of drug-likeness (QED) is 0.284. The van der Waals surface area contributed by atoms with E-state index >= 15 is 0 Å². The molecule has 0 heterocycles. The Balaban J connectivity index is 1.93. The number of halogens is 2. The molecule has 2 N–H and O–H groups in total. The largest absolute Gasteiger partial charge is 0.489 e. The summed E-state index contributed by atoms with van der Waals surface area (Å²) < 4.78 is 5.66. The Hall–Kier alpha value is -2.24. The maximum atomic E-state index is 11.1. The van der Waals surface area contributed by atoms with Crippen molar-refractivity contribution in [1.82, 2.24) is 0 Å². The number of alkyl halides is 2. The van der Waals surface area contributed by atoms with Crippen molar-refractivity contribution in [3.63, 3.8) is 0 Å². The van der Waals surface area contributed by atoms with Crippen molar-refractivity contribution in [3.8, 4) is 5.75 Å². The van der Waals surface area contributed by atoms with Gasteiger partial charge in [-0.25, -0.2) is 4.79 Å². The number of rotatable bonds is 6. The Bertz CT molecular complexity index is 673. The summed E-state index contributed by atoms with van der Waals surface area (Å²) >= 11 is 10.7. The summed E-state index contributed by atoms with van der Waals surface area (Å²) in [5.74, 6) is -0.176. The lowest BCUT2D eigenvalue weighted by atomic mass is 10.2. The van der Waals surface area contributed by atoms with Gasteiger partial charge in [0.2, 0.25) is 4.84 Å². The lowest BCUT2D eigenvalue weighted by Gasteiger charge is -2.07. The van der Waals surface area contributed by atoms with Gasteiger partial charge in [0.1, 0.15) is 12.4 Å². The predicted molar refractivity (Wildman–Crippen MR) is 89.5 cm³/mol. The minimum absolute atomic E-state index is 0.0296. The lowest BCUT2D eigenvalue weighted by Crippen LogP contribution is -2.17. The highest BCUT2D eigenvalue weighted by Crippen LogP contribution is 2.14. The molecule has 2 rings (SSSR count). The number of carbonyl (C=O) groups is 1. The van der Waals surface area contributed by atoms with Crippen molar-refractivity contribution in [2.24, 2.45) is 10.9 Å². The number of carbonyl (C=O) groups excluding carboxylic acids is 1. The van der Waals surface area contributed by atoms with Crippen LogP contribution in [-0.4, -0.2) is 16.6 Å². The summed E-state index contributed by atoms with van der Waals surface area (Å²) in [6.07, 6.45) is 0. The summed E-state index contributed by atoms with van der Waals surface area (Å²) in [7, 11) is 0. The SMILES string of the molecule is NC(=NOC(=O)C(Cl)Cl)c1ccc(OCc2ccccc2)cc1. The molecule has 2 aromatic carbocycles. The van der Waals surface area contributed by atoms with Gasteiger partial charge in [-0.2, -0.15) is 0 Å². The van der Waals surface area contributed by atoms with Crippen LogP contribution >= 0.6 is 23.2 Å². The van der Waals surface area contributed by atoms with E-state index in [-0.39, 0.29) is 5.84 Å². The summed E-state index contributed by atoms with van der Waals surface area (Å²) in [4.78, 5) is 14.3. The summed E-state index contributed by atoms with van der Waals surface area (Å²) in [6.45, 7) is 0.466. The molecular formula is C16H14Cl2N2O3. The molecule has 0 unspecified atom stereocenters. The van der Waals surface area contributed by atoms with E-state index in [1.165, 1.54) is 0 Å². The molecule has 0 fully saturated rings. The topological polar surface area (TPSA) is 73.9 Å². The Morgan fingerprint density at radius 3 is 2.35 bits per heavy atom. The number of amidine groups is 1. The predicted octanol–water partition coefficient (Wildman–Crippen LogP) is 3.23. The van der Waals surface area contributed by atoms with E-state index in [0.717, 1.165) is 5.56 Å². The van der Waals surface area contributed by atoms with Crippen LogP contribution in [0, 0.1) is 0 Å². The molecule has 0 aliphatic rings. The smallest absolute Gasteiger partial charge is 0.367 e. The van der Waals surface area contributed by atoms with Crippen LogP contribution in [-0.2, 0) is 16.2 Å². The van der Waals surface area contributed by atoms with E-state index in [2.05, 4.69) is 9.99 Å². The zero-order chi connectivity index (χ0) is 16.7. The number of hydrogen-bond donors (Lipinski definition) is 1. The van der Waals surface area contributed by atoms with Crippen LogP contribution in [0.1, 0.15) is 11.1 Å². The van der Waals surface area contributed by atoms with Gasteiger partial charge in [0.05, 0.1) is 0 Å². The molecule has 5 nitrogen and oxygen atoms in total. The second-order valence-corrected chi connectivity index (χ2v) is 5.58. The molecule has 120 valence electrons. The maximum Gasteiger partial charge on any atom is 0.367 e. The molecule has 0 aliphatic heterocycles. The van der Waals surface area contributed by atoms with E-state index in [1.807, 2.05) is 30.3 Å². The summed E-state index contributed by atoms with van der Waals surface area (Å²) in [5.41, 5.74) is 7.35. The number of ether oxygens (including phenoxy) is 1. The minimum Gasteiger partial charge on any atom is -0.489 e. The zero-order valence-corrected chi connectivity index (χ0v) is 13.5. The minimum atomic E-state index is -1.31. The van der Waals surface area contributed by atoms with Crippen LogP contribution in [0.25, 0.3) is 0 Å². The van der Waals surface area contributed by atoms with Crippen LogP contribution in [0.3, 0.4) is 0 Å². The van der Waals surface area contributed by atoms with Gasteiger partial charge in [-0.3, -0.25) is 0 Å². The van der Waals surface area contributed by atoms with Crippen molar-refractivity contribution in [1.29, 1.82) is 0 Å². The van der Waals surface area contributed by atoms with Gasteiger partial charge in [-0.15, -0.1) is 0 Å². The number of oxime groups is 1. The van der Waals surface area contributed by atoms with Gasteiger partial charge >= 0.3 is 5.97 Å². The average molecular weight is 353 g/mol. The van der Waals surface area contributed by atoms with Crippen molar-refractivity contribution in [2.45, 2.75) is 11.4 Å². The number of nitrogens with zero attached hydrogens (tertiary/aromatic N) is 1. The molecule has 0 aromatic heterocycles. The Morgan fingerprint density at radius 1 is 1.09 bits per heavy atom. The number of nitrogens with two attached hydrogens (primary N) is 1. The summed E-state index contributed by atoms with van der Waals surface area (Å²) in [5, 5.41) is 3.47. The van der Waals surface area contributed by atoms with Crippen LogP contribution in [0.2, 0.25) is 0 Å². The molecule has 0 bridgehead atoms. The second-order valence-electron chi connectivity index (χ2n) is 4.49. The number of hydrogen-bond acceptors (Lipinski definition) is 4. The normalized spacial score (nSPS) is 11.3. The molecular weight excluding hydrogens is 339 g/mol. The van der Waals surface area contributed by atoms with Crippen LogP contribution < -0.4 is 10.5 Å². The Labute approximate surface area is 143 Å². The van der Waals surface area contributed by atoms with Crippen LogP contribution in [0.15, 0.2) is 59.8 Å². The van der Waals surface area contributed by atoms with E-state index in [1.54, 1.807) is 24.3 Å². The van der Waals surface area contributed by atoms with Gasteiger partial charge in [0.15, 0.2) is 5.84 Å². The van der Waals surface area contributed by atoms with Gasteiger partial charge in [-0.05, 0) is 29.8 Å². The van der Waals surface area contributed by atoms with Gasteiger partial charge in [0, 0.05) is 5.56 Å². The Morgan fingerprint density at radius 2 is 1.74 bits per heavy atom. The standard InChI is InChI=1S/C16H14Cl2N2O3/c17-14(18)16(21)23-20-15(19)12-6-8-13(9-7-12)22-10-11-4-2-1-3-5-11/h1-9,14H,10H2,(H2,19,20). The van der Waals surface area contributed by atoms with E-state index in [0.29, 0.717) is 17.9 Å². The lowest BCUT2D eigenvalue weighted by molar-refractivity contribution is -0.141. The first-order valence-corrected chi connectivity index (χ1v) is 7.53. The van der Waals surface area contributed by atoms with E-state index in [9.17, 15) is 4.79 Å².